The molecule has 0 aliphatic rings. The molecule has 0 aliphatic carbocycles. The van der Waals surface area contributed by atoms with Gasteiger partial charge in [0.1, 0.15) is 12.4 Å². The molecule has 0 saturated heterocycles. The molecule has 0 atom stereocenters. The predicted molar refractivity (Wildman–Crippen MR) is 89.0 cm³/mol. The van der Waals surface area contributed by atoms with Crippen LogP contribution in [0.3, 0.4) is 0 Å². The fourth-order valence-electron chi connectivity index (χ4n) is 2.24. The summed E-state index contributed by atoms with van der Waals surface area (Å²) >= 11 is 0. The highest BCUT2D eigenvalue weighted by atomic mass is 16.5. The van der Waals surface area contributed by atoms with Gasteiger partial charge in [-0.25, -0.2) is 0 Å². The zero-order chi connectivity index (χ0) is 16.1. The minimum Gasteiger partial charge on any atom is -0.489 e. The van der Waals surface area contributed by atoms with E-state index in [0.29, 0.717) is 12.2 Å². The first-order valence-electron chi connectivity index (χ1n) is 7.24. The number of hydrogen-bond donors (Lipinski definition) is 1. The summed E-state index contributed by atoms with van der Waals surface area (Å²) in [5.41, 5.74) is 8.54. The number of nitrogens with two attached hydrogens (primary N) is 1. The van der Waals surface area contributed by atoms with Crippen LogP contribution in [-0.2, 0) is 6.61 Å². The van der Waals surface area contributed by atoms with Crippen LogP contribution in [0.15, 0.2) is 73.1 Å². The Kier molecular flexibility index (Phi) is 4.34. The van der Waals surface area contributed by atoms with Crippen molar-refractivity contribution < 1.29 is 9.53 Å². The standard InChI is InChI=1S/C19H16N2O2/c20-19(22)17-9-16(11-21-12-17)15-7-4-8-18(10-15)23-13-14-5-2-1-3-6-14/h1-12H,13H2,(H2,20,22). The minimum atomic E-state index is -0.490. The lowest BCUT2D eigenvalue weighted by atomic mass is 10.1. The van der Waals surface area contributed by atoms with Crippen molar-refractivity contribution in [2.75, 3.05) is 0 Å². The molecule has 2 N–H and O–H groups in total. The van der Waals surface area contributed by atoms with Gasteiger partial charge < -0.3 is 10.5 Å². The Labute approximate surface area is 134 Å². The minimum absolute atomic E-state index is 0.387. The Balaban J connectivity index is 1.80. The van der Waals surface area contributed by atoms with Gasteiger partial charge in [-0.2, -0.15) is 0 Å². The largest absolute Gasteiger partial charge is 0.489 e. The Bertz CT molecular complexity index is 816. The SMILES string of the molecule is NC(=O)c1cncc(-c2cccc(OCc3ccccc3)c2)c1. The first kappa shape index (κ1) is 14.8. The second-order valence-electron chi connectivity index (χ2n) is 5.13. The van der Waals surface area contributed by atoms with Crippen molar-refractivity contribution in [3.8, 4) is 16.9 Å². The number of aromatic nitrogens is 1. The van der Waals surface area contributed by atoms with Gasteiger partial charge in [-0.15, -0.1) is 0 Å². The van der Waals surface area contributed by atoms with Crippen LogP contribution in [0, 0.1) is 0 Å². The molecule has 1 aromatic heterocycles. The number of ether oxygens (including phenoxy) is 1. The second-order valence-corrected chi connectivity index (χ2v) is 5.13. The molecular formula is C19H16N2O2. The molecule has 4 nitrogen and oxygen atoms in total. The van der Waals surface area contributed by atoms with Crippen molar-refractivity contribution in [3.63, 3.8) is 0 Å². The van der Waals surface area contributed by atoms with E-state index in [1.807, 2.05) is 54.6 Å². The summed E-state index contributed by atoms with van der Waals surface area (Å²) in [6, 6.07) is 19.4. The fourth-order valence-corrected chi connectivity index (χ4v) is 2.24. The van der Waals surface area contributed by atoms with Gasteiger partial charge in [0.2, 0.25) is 5.91 Å². The highest BCUT2D eigenvalue weighted by Crippen LogP contribution is 2.24. The molecule has 0 unspecified atom stereocenters. The van der Waals surface area contributed by atoms with Gasteiger partial charge in [-0.05, 0) is 29.3 Å². The summed E-state index contributed by atoms with van der Waals surface area (Å²) < 4.78 is 5.82. The molecule has 114 valence electrons. The van der Waals surface area contributed by atoms with E-state index in [4.69, 9.17) is 10.5 Å². The lowest BCUT2D eigenvalue weighted by Crippen LogP contribution is -2.11. The highest BCUT2D eigenvalue weighted by Gasteiger charge is 2.05. The summed E-state index contributed by atoms with van der Waals surface area (Å²) in [6.07, 6.45) is 3.16. The quantitative estimate of drug-likeness (QED) is 0.785. The van der Waals surface area contributed by atoms with Crippen LogP contribution in [0.25, 0.3) is 11.1 Å². The van der Waals surface area contributed by atoms with Gasteiger partial charge in [0, 0.05) is 18.0 Å². The molecule has 0 aliphatic heterocycles. The zero-order valence-electron chi connectivity index (χ0n) is 12.5. The van der Waals surface area contributed by atoms with Crippen LogP contribution < -0.4 is 10.5 Å². The van der Waals surface area contributed by atoms with Crippen molar-refractivity contribution in [1.82, 2.24) is 4.98 Å². The molecule has 1 amide bonds. The maximum Gasteiger partial charge on any atom is 0.250 e. The predicted octanol–water partition coefficient (Wildman–Crippen LogP) is 3.43. The zero-order valence-corrected chi connectivity index (χ0v) is 12.5. The highest BCUT2D eigenvalue weighted by molar-refractivity contribution is 5.93. The topological polar surface area (TPSA) is 65.2 Å². The number of hydrogen-bond acceptors (Lipinski definition) is 3. The van der Waals surface area contributed by atoms with E-state index in [1.165, 1.54) is 6.20 Å². The van der Waals surface area contributed by atoms with Gasteiger partial charge in [0.05, 0.1) is 5.56 Å². The van der Waals surface area contributed by atoms with Gasteiger partial charge in [-0.1, -0.05) is 42.5 Å². The van der Waals surface area contributed by atoms with Crippen LogP contribution in [0.4, 0.5) is 0 Å². The van der Waals surface area contributed by atoms with Crippen LogP contribution >= 0.6 is 0 Å². The first-order chi connectivity index (χ1) is 11.2. The van der Waals surface area contributed by atoms with Gasteiger partial charge in [-0.3, -0.25) is 9.78 Å². The number of rotatable bonds is 5. The van der Waals surface area contributed by atoms with E-state index in [0.717, 1.165) is 22.4 Å². The van der Waals surface area contributed by atoms with Crippen molar-refractivity contribution in [3.05, 3.63) is 84.2 Å². The number of benzene rings is 2. The molecular weight excluding hydrogens is 288 g/mol. The third-order valence-corrected chi connectivity index (χ3v) is 3.44. The number of carbonyl (C=O) groups is 1. The van der Waals surface area contributed by atoms with Crippen molar-refractivity contribution in [1.29, 1.82) is 0 Å². The summed E-state index contributed by atoms with van der Waals surface area (Å²) in [5.74, 6) is 0.270. The Morgan fingerprint density at radius 1 is 0.957 bits per heavy atom. The van der Waals surface area contributed by atoms with Gasteiger partial charge in [0.25, 0.3) is 0 Å². The lowest BCUT2D eigenvalue weighted by Gasteiger charge is -2.09. The van der Waals surface area contributed by atoms with Gasteiger partial charge in [0.15, 0.2) is 0 Å². The molecule has 4 heteroatoms. The first-order valence-corrected chi connectivity index (χ1v) is 7.24. The number of amides is 1. The lowest BCUT2D eigenvalue weighted by molar-refractivity contribution is 0.1000. The number of nitrogens with zero attached hydrogens (tertiary/aromatic N) is 1. The Hall–Kier alpha value is -3.14. The number of carbonyl (C=O) groups excluding carboxylic acids is 1. The Morgan fingerprint density at radius 2 is 1.78 bits per heavy atom. The summed E-state index contributed by atoms with van der Waals surface area (Å²) in [6.45, 7) is 0.504. The summed E-state index contributed by atoms with van der Waals surface area (Å²) in [4.78, 5) is 15.3. The fraction of sp³-hybridized carbons (Fsp3) is 0.0526. The third-order valence-electron chi connectivity index (χ3n) is 3.44. The molecule has 3 aromatic rings. The molecule has 3 rings (SSSR count). The van der Waals surface area contributed by atoms with Crippen LogP contribution in [0.2, 0.25) is 0 Å². The molecule has 0 fully saturated rings. The van der Waals surface area contributed by atoms with Gasteiger partial charge >= 0.3 is 0 Å². The van der Waals surface area contributed by atoms with E-state index >= 15 is 0 Å². The second kappa shape index (κ2) is 6.75. The monoisotopic (exact) mass is 304 g/mol. The average molecular weight is 304 g/mol. The maximum absolute atomic E-state index is 11.3. The normalized spacial score (nSPS) is 10.3. The van der Waals surface area contributed by atoms with Crippen molar-refractivity contribution >= 4 is 5.91 Å². The van der Waals surface area contributed by atoms with E-state index in [9.17, 15) is 4.79 Å². The van der Waals surface area contributed by atoms with E-state index < -0.39 is 5.91 Å². The Morgan fingerprint density at radius 3 is 2.57 bits per heavy atom. The summed E-state index contributed by atoms with van der Waals surface area (Å²) in [7, 11) is 0. The van der Waals surface area contributed by atoms with Crippen LogP contribution in [0.5, 0.6) is 5.75 Å². The molecule has 0 spiro atoms. The molecule has 0 saturated carbocycles. The molecule has 1 heterocycles. The molecule has 23 heavy (non-hydrogen) atoms. The van der Waals surface area contributed by atoms with E-state index in [1.54, 1.807) is 12.3 Å². The van der Waals surface area contributed by atoms with Crippen molar-refractivity contribution in [2.45, 2.75) is 6.61 Å². The average Bonchev–Trinajstić information content (AvgIpc) is 2.61. The summed E-state index contributed by atoms with van der Waals surface area (Å²) in [5, 5.41) is 0. The number of primary amides is 1. The number of pyridine rings is 1. The molecule has 0 bridgehead atoms. The molecule has 0 radical (unpaired) electrons. The van der Waals surface area contributed by atoms with Crippen LogP contribution in [-0.4, -0.2) is 10.9 Å². The van der Waals surface area contributed by atoms with E-state index in [2.05, 4.69) is 4.98 Å². The maximum atomic E-state index is 11.3. The van der Waals surface area contributed by atoms with Crippen molar-refractivity contribution in [2.24, 2.45) is 5.73 Å². The molecule has 2 aromatic carbocycles. The van der Waals surface area contributed by atoms with Crippen LogP contribution in [0.1, 0.15) is 15.9 Å². The third kappa shape index (κ3) is 3.74. The van der Waals surface area contributed by atoms with E-state index in [-0.39, 0.29) is 0 Å². The smallest absolute Gasteiger partial charge is 0.250 e.